The highest BCUT2D eigenvalue weighted by Crippen LogP contribution is 2.60. The zero-order valence-electron chi connectivity index (χ0n) is 32.9. The molecule has 2 atom stereocenters. The minimum Gasteiger partial charge on any atom is -0.360 e. The van der Waals surface area contributed by atoms with Crippen molar-refractivity contribution in [2.24, 2.45) is 4.99 Å². The Labute approximate surface area is 337 Å². The van der Waals surface area contributed by atoms with Crippen LogP contribution in [0.2, 0.25) is 0 Å². The second kappa shape index (κ2) is 13.3. The van der Waals surface area contributed by atoms with E-state index in [9.17, 15) is 0 Å². The number of hydrogen-bond donors (Lipinski definition) is 1. The molecule has 6 aromatic rings. The first kappa shape index (κ1) is 34.3. The largest absolute Gasteiger partial charge is 0.360 e. The highest BCUT2D eigenvalue weighted by atomic mass is 15.1. The lowest BCUT2D eigenvalue weighted by atomic mass is 9.67. The molecule has 0 saturated heterocycles. The normalized spacial score (nSPS) is 20.7. The number of rotatable bonds is 5. The Morgan fingerprint density at radius 3 is 2.07 bits per heavy atom. The summed E-state index contributed by atoms with van der Waals surface area (Å²) in [5.74, 6) is 0.333. The monoisotopic (exact) mass is 736 g/mol. The molecule has 11 rings (SSSR count). The molecule has 5 aliphatic rings. The number of hydrogen-bond acceptors (Lipinski definition) is 2. The predicted molar refractivity (Wildman–Crippen MR) is 237 cm³/mol. The fourth-order valence-corrected chi connectivity index (χ4v) is 10.9. The molecule has 2 nitrogen and oxygen atoms in total. The maximum atomic E-state index is 5.19. The van der Waals surface area contributed by atoms with E-state index >= 15 is 0 Å². The predicted octanol–water partition coefficient (Wildman–Crippen LogP) is 13.5. The molecule has 1 N–H and O–H groups in total. The molecule has 0 bridgehead atoms. The van der Waals surface area contributed by atoms with E-state index in [2.05, 4.69) is 183 Å². The van der Waals surface area contributed by atoms with E-state index in [1.54, 1.807) is 11.1 Å². The van der Waals surface area contributed by atoms with Crippen molar-refractivity contribution < 1.29 is 0 Å². The zero-order valence-corrected chi connectivity index (χ0v) is 32.9. The summed E-state index contributed by atoms with van der Waals surface area (Å²) in [5, 5.41) is 3.68. The van der Waals surface area contributed by atoms with Crippen LogP contribution in [-0.2, 0) is 10.8 Å². The standard InChI is InChI=1S/C55H48N2/c1-54(2)47-22-14-20-42(52(47)45-34-49-44(33-48(45)54)43-19-10-11-21-46(43)55(49)31-12-5-13-32-55)38-27-23-36(24-28-38)37-25-29-40(30-26-37)51-35-50(39-15-6-3-7-16-39)56-53(57-51)41-17-8-4-9-18-41/h3-4,6-11,14-27,29-30,33-35,38,53,56H,5,12-13,28,31-32H2,1-2H3. The van der Waals surface area contributed by atoms with Crippen LogP contribution in [0.25, 0.3) is 33.5 Å². The number of aliphatic imine (C=N–C) groups is 1. The second-order valence-corrected chi connectivity index (χ2v) is 17.4. The van der Waals surface area contributed by atoms with Gasteiger partial charge in [-0.25, -0.2) is 0 Å². The first-order valence-corrected chi connectivity index (χ1v) is 21.1. The summed E-state index contributed by atoms with van der Waals surface area (Å²) in [4.78, 5) is 5.19. The van der Waals surface area contributed by atoms with Gasteiger partial charge in [0.25, 0.3) is 0 Å². The summed E-state index contributed by atoms with van der Waals surface area (Å²) in [6.07, 6.45) is 16.8. The van der Waals surface area contributed by atoms with Crippen molar-refractivity contribution in [3.05, 3.63) is 214 Å². The Bertz CT molecular complexity index is 2670. The third-order valence-electron chi connectivity index (χ3n) is 13.9. The molecule has 2 unspecified atom stereocenters. The summed E-state index contributed by atoms with van der Waals surface area (Å²) in [7, 11) is 0. The molecule has 0 aromatic heterocycles. The lowest BCUT2D eigenvalue weighted by Gasteiger charge is -2.36. The van der Waals surface area contributed by atoms with Crippen molar-refractivity contribution in [2.75, 3.05) is 0 Å². The van der Waals surface area contributed by atoms with Gasteiger partial charge in [-0.05, 0) is 115 Å². The summed E-state index contributed by atoms with van der Waals surface area (Å²) in [6.45, 7) is 4.89. The van der Waals surface area contributed by atoms with E-state index in [0.717, 1.165) is 34.5 Å². The molecule has 1 fully saturated rings. The Morgan fingerprint density at radius 1 is 0.596 bits per heavy atom. The SMILES string of the molecule is CC1(C)c2cc3c(cc2-c2c(C4C=CC(c5ccc(C6=NC(c7ccccc7)NC(c7ccccc7)=C6)cc5)=CC4)cccc21)C1(CCCCC1)c1ccccc1-3. The van der Waals surface area contributed by atoms with Crippen LogP contribution in [0.3, 0.4) is 0 Å². The van der Waals surface area contributed by atoms with E-state index in [4.69, 9.17) is 4.99 Å². The third-order valence-corrected chi connectivity index (χ3v) is 13.9. The van der Waals surface area contributed by atoms with Crippen LogP contribution in [0.15, 0.2) is 169 Å². The van der Waals surface area contributed by atoms with Crippen LogP contribution in [-0.4, -0.2) is 5.71 Å². The van der Waals surface area contributed by atoms with Gasteiger partial charge in [0.05, 0.1) is 5.71 Å². The maximum absolute atomic E-state index is 5.19. The van der Waals surface area contributed by atoms with Crippen LogP contribution < -0.4 is 5.32 Å². The number of fused-ring (bicyclic) bond motifs is 8. The smallest absolute Gasteiger partial charge is 0.145 e. The Kier molecular flexibility index (Phi) is 8.00. The van der Waals surface area contributed by atoms with Crippen molar-refractivity contribution in [3.8, 4) is 22.3 Å². The molecular weight excluding hydrogens is 689 g/mol. The summed E-state index contributed by atoms with van der Waals surface area (Å²) >= 11 is 0. The number of nitrogens with one attached hydrogen (secondary N) is 1. The molecule has 2 heteroatoms. The van der Waals surface area contributed by atoms with Crippen molar-refractivity contribution in [3.63, 3.8) is 0 Å². The van der Waals surface area contributed by atoms with Crippen molar-refractivity contribution in [2.45, 2.75) is 75.3 Å². The van der Waals surface area contributed by atoms with Gasteiger partial charge in [0, 0.05) is 22.4 Å². The van der Waals surface area contributed by atoms with Gasteiger partial charge in [-0.2, -0.15) is 0 Å². The molecule has 1 heterocycles. The molecule has 278 valence electrons. The molecule has 1 aliphatic heterocycles. The van der Waals surface area contributed by atoms with Gasteiger partial charge < -0.3 is 5.32 Å². The van der Waals surface area contributed by atoms with E-state index in [0.29, 0.717) is 5.92 Å². The van der Waals surface area contributed by atoms with Gasteiger partial charge in [-0.3, -0.25) is 4.99 Å². The Balaban J connectivity index is 0.900. The van der Waals surface area contributed by atoms with Gasteiger partial charge in [-0.1, -0.05) is 179 Å². The third kappa shape index (κ3) is 5.48. The molecule has 57 heavy (non-hydrogen) atoms. The van der Waals surface area contributed by atoms with Gasteiger partial charge >= 0.3 is 0 Å². The summed E-state index contributed by atoms with van der Waals surface area (Å²) < 4.78 is 0. The topological polar surface area (TPSA) is 24.4 Å². The van der Waals surface area contributed by atoms with Crippen molar-refractivity contribution in [1.82, 2.24) is 5.32 Å². The van der Waals surface area contributed by atoms with Crippen LogP contribution in [0, 0.1) is 0 Å². The van der Waals surface area contributed by atoms with Crippen molar-refractivity contribution in [1.29, 1.82) is 0 Å². The molecule has 6 aromatic carbocycles. The number of allylic oxidation sites excluding steroid dienone is 5. The van der Waals surface area contributed by atoms with Crippen LogP contribution in [0.4, 0.5) is 0 Å². The first-order chi connectivity index (χ1) is 28.0. The zero-order chi connectivity index (χ0) is 38.1. The average Bonchev–Trinajstić information content (AvgIpc) is 3.67. The maximum Gasteiger partial charge on any atom is 0.145 e. The molecule has 4 aliphatic carbocycles. The highest BCUT2D eigenvalue weighted by molar-refractivity contribution is 6.13. The quantitative estimate of drug-likeness (QED) is 0.187. The Morgan fingerprint density at radius 2 is 1.30 bits per heavy atom. The second-order valence-electron chi connectivity index (χ2n) is 17.4. The Hall–Kier alpha value is -5.99. The van der Waals surface area contributed by atoms with Gasteiger partial charge in [0.15, 0.2) is 0 Å². The fourth-order valence-electron chi connectivity index (χ4n) is 10.9. The van der Waals surface area contributed by atoms with Gasteiger partial charge in [-0.15, -0.1) is 0 Å². The minimum atomic E-state index is -0.149. The molecule has 1 spiro atoms. The lowest BCUT2D eigenvalue weighted by molar-refractivity contribution is 0.353. The highest BCUT2D eigenvalue weighted by Gasteiger charge is 2.46. The van der Waals surface area contributed by atoms with Gasteiger partial charge in [0.2, 0.25) is 0 Å². The van der Waals surface area contributed by atoms with Crippen LogP contribution in [0.1, 0.15) is 115 Å². The van der Waals surface area contributed by atoms with Crippen molar-refractivity contribution >= 4 is 17.0 Å². The fraction of sp³-hybridized carbons (Fsp3) is 0.218. The molecule has 0 radical (unpaired) electrons. The average molecular weight is 737 g/mol. The number of benzene rings is 6. The number of nitrogens with zero attached hydrogens (tertiary/aromatic N) is 1. The van der Waals surface area contributed by atoms with Crippen LogP contribution >= 0.6 is 0 Å². The molecule has 0 amide bonds. The van der Waals surface area contributed by atoms with E-state index in [1.807, 2.05) is 0 Å². The summed E-state index contributed by atoms with van der Waals surface area (Å²) in [6, 6.07) is 51.8. The van der Waals surface area contributed by atoms with E-state index in [1.165, 1.54) is 82.2 Å². The molecular formula is C55H48N2. The lowest BCUT2D eigenvalue weighted by Crippen LogP contribution is -2.28. The van der Waals surface area contributed by atoms with Gasteiger partial charge in [0.1, 0.15) is 6.17 Å². The minimum absolute atomic E-state index is 0.0506. The van der Waals surface area contributed by atoms with E-state index in [-0.39, 0.29) is 17.0 Å². The summed E-state index contributed by atoms with van der Waals surface area (Å²) in [5.41, 5.74) is 21.7. The van der Waals surface area contributed by atoms with E-state index < -0.39 is 0 Å². The first-order valence-electron chi connectivity index (χ1n) is 21.1. The molecule has 1 saturated carbocycles. The van der Waals surface area contributed by atoms with Crippen LogP contribution in [0.5, 0.6) is 0 Å².